The fourth-order valence-electron chi connectivity index (χ4n) is 1.38. The van der Waals surface area contributed by atoms with E-state index in [9.17, 15) is 4.79 Å². The molecular formula is C11H10ClN3O2. The molecule has 0 aliphatic carbocycles. The molecule has 2 rings (SSSR count). The molecule has 0 unspecified atom stereocenters. The average molecular weight is 252 g/mol. The second-order valence-corrected chi connectivity index (χ2v) is 3.86. The Morgan fingerprint density at radius 1 is 1.53 bits per heavy atom. The van der Waals surface area contributed by atoms with E-state index in [4.69, 9.17) is 16.3 Å². The zero-order valence-corrected chi connectivity index (χ0v) is 9.89. The molecule has 6 heteroatoms. The van der Waals surface area contributed by atoms with Crippen molar-refractivity contribution in [1.82, 2.24) is 15.0 Å². The van der Waals surface area contributed by atoms with E-state index in [-0.39, 0.29) is 6.61 Å². The van der Waals surface area contributed by atoms with E-state index in [0.717, 1.165) is 0 Å². The minimum atomic E-state index is 0.221. The van der Waals surface area contributed by atoms with Gasteiger partial charge < -0.3 is 4.74 Å². The quantitative estimate of drug-likeness (QED) is 0.779. The van der Waals surface area contributed by atoms with Gasteiger partial charge in [-0.05, 0) is 12.1 Å². The van der Waals surface area contributed by atoms with Gasteiger partial charge in [0.2, 0.25) is 0 Å². The molecule has 0 N–H and O–H groups in total. The highest BCUT2D eigenvalue weighted by molar-refractivity contribution is 6.32. The van der Waals surface area contributed by atoms with Crippen molar-refractivity contribution in [2.24, 2.45) is 7.05 Å². The number of para-hydroxylation sites is 1. The Morgan fingerprint density at radius 2 is 2.35 bits per heavy atom. The lowest BCUT2D eigenvalue weighted by Gasteiger charge is -2.08. The summed E-state index contributed by atoms with van der Waals surface area (Å²) in [6.45, 7) is 0.221. The Kier molecular flexibility index (Phi) is 3.39. The van der Waals surface area contributed by atoms with Gasteiger partial charge in [-0.3, -0.25) is 9.48 Å². The van der Waals surface area contributed by atoms with Crippen LogP contribution >= 0.6 is 11.6 Å². The topological polar surface area (TPSA) is 57.0 Å². The smallest absolute Gasteiger partial charge is 0.153 e. The van der Waals surface area contributed by atoms with Crippen molar-refractivity contribution in [2.75, 3.05) is 0 Å². The van der Waals surface area contributed by atoms with Crippen LogP contribution in [0, 0.1) is 0 Å². The van der Waals surface area contributed by atoms with Crippen LogP contribution in [0.15, 0.2) is 24.4 Å². The monoisotopic (exact) mass is 251 g/mol. The average Bonchev–Trinajstić information content (AvgIpc) is 2.73. The lowest BCUT2D eigenvalue weighted by Crippen LogP contribution is -1.99. The predicted octanol–water partition coefficient (Wildman–Crippen LogP) is 1.86. The van der Waals surface area contributed by atoms with Crippen LogP contribution in [0.4, 0.5) is 0 Å². The third-order valence-corrected chi connectivity index (χ3v) is 2.44. The number of rotatable bonds is 4. The van der Waals surface area contributed by atoms with Crippen molar-refractivity contribution >= 4 is 17.9 Å². The van der Waals surface area contributed by atoms with Crippen molar-refractivity contribution in [3.63, 3.8) is 0 Å². The highest BCUT2D eigenvalue weighted by atomic mass is 35.5. The molecule has 1 aromatic carbocycles. The van der Waals surface area contributed by atoms with E-state index in [0.29, 0.717) is 28.3 Å². The van der Waals surface area contributed by atoms with Crippen molar-refractivity contribution in [2.45, 2.75) is 6.61 Å². The number of benzene rings is 1. The number of ether oxygens (including phenoxy) is 1. The summed E-state index contributed by atoms with van der Waals surface area (Å²) in [6, 6.07) is 5.01. The molecule has 0 spiro atoms. The Labute approximate surface area is 103 Å². The van der Waals surface area contributed by atoms with Gasteiger partial charge in [0.05, 0.1) is 16.8 Å². The van der Waals surface area contributed by atoms with Gasteiger partial charge in [0, 0.05) is 7.05 Å². The number of hydrogen-bond acceptors (Lipinski definition) is 4. The summed E-state index contributed by atoms with van der Waals surface area (Å²) in [5, 5.41) is 8.05. The number of halogens is 1. The summed E-state index contributed by atoms with van der Waals surface area (Å²) in [5.74, 6) is 0.370. The van der Waals surface area contributed by atoms with Crippen LogP contribution in [0.5, 0.6) is 5.75 Å². The number of nitrogens with zero attached hydrogens (tertiary/aromatic N) is 3. The number of carbonyl (C=O) groups is 1. The van der Waals surface area contributed by atoms with Gasteiger partial charge in [-0.1, -0.05) is 22.9 Å². The molecule has 0 saturated carbocycles. The van der Waals surface area contributed by atoms with E-state index in [1.807, 2.05) is 0 Å². The molecule has 0 aliphatic heterocycles. The molecule has 88 valence electrons. The van der Waals surface area contributed by atoms with Gasteiger partial charge in [0.15, 0.2) is 6.29 Å². The van der Waals surface area contributed by atoms with Gasteiger partial charge in [-0.2, -0.15) is 0 Å². The van der Waals surface area contributed by atoms with E-state index in [2.05, 4.69) is 10.3 Å². The number of aldehydes is 1. The van der Waals surface area contributed by atoms with E-state index >= 15 is 0 Å². The molecule has 5 nitrogen and oxygen atoms in total. The standard InChI is InChI=1S/C11H10ClN3O2/c1-15-5-9(13-14-15)7-17-11-8(6-16)3-2-4-10(11)12/h2-6H,7H2,1H3. The zero-order valence-electron chi connectivity index (χ0n) is 9.13. The molecule has 0 fully saturated rings. The molecule has 1 heterocycles. The van der Waals surface area contributed by atoms with Crippen molar-refractivity contribution in [3.05, 3.63) is 40.7 Å². The number of aryl methyl sites for hydroxylation is 1. The lowest BCUT2D eigenvalue weighted by molar-refractivity contribution is 0.111. The summed E-state index contributed by atoms with van der Waals surface area (Å²) >= 11 is 5.95. The molecule has 1 aromatic heterocycles. The zero-order chi connectivity index (χ0) is 12.3. The van der Waals surface area contributed by atoms with Crippen molar-refractivity contribution in [1.29, 1.82) is 0 Å². The Balaban J connectivity index is 2.16. The highest BCUT2D eigenvalue weighted by Gasteiger charge is 2.08. The summed E-state index contributed by atoms with van der Waals surface area (Å²) in [4.78, 5) is 10.8. The van der Waals surface area contributed by atoms with Crippen molar-refractivity contribution < 1.29 is 9.53 Å². The first-order chi connectivity index (χ1) is 8.20. The molecule has 2 aromatic rings. The summed E-state index contributed by atoms with van der Waals surface area (Å²) < 4.78 is 7.05. The predicted molar refractivity (Wildman–Crippen MR) is 62.2 cm³/mol. The summed E-state index contributed by atoms with van der Waals surface area (Å²) in [6.07, 6.45) is 2.44. The Hall–Kier alpha value is -1.88. The van der Waals surface area contributed by atoms with Crippen molar-refractivity contribution in [3.8, 4) is 5.75 Å². The molecule has 0 aliphatic rings. The fraction of sp³-hybridized carbons (Fsp3) is 0.182. The largest absolute Gasteiger partial charge is 0.485 e. The third-order valence-electron chi connectivity index (χ3n) is 2.14. The SMILES string of the molecule is Cn1cc(COc2c(Cl)cccc2C=O)nn1. The molecule has 0 saturated heterocycles. The Bertz CT molecular complexity index is 539. The molecule has 0 bridgehead atoms. The van der Waals surface area contributed by atoms with Gasteiger partial charge >= 0.3 is 0 Å². The van der Waals surface area contributed by atoms with Crippen LogP contribution in [-0.4, -0.2) is 21.3 Å². The van der Waals surface area contributed by atoms with Crippen LogP contribution in [0.25, 0.3) is 0 Å². The van der Waals surface area contributed by atoms with Crippen LogP contribution in [-0.2, 0) is 13.7 Å². The first-order valence-corrected chi connectivity index (χ1v) is 5.30. The van der Waals surface area contributed by atoms with E-state index < -0.39 is 0 Å². The second kappa shape index (κ2) is 4.97. The first kappa shape index (κ1) is 11.6. The van der Waals surface area contributed by atoms with Gasteiger partial charge in [0.1, 0.15) is 18.1 Å². The maximum Gasteiger partial charge on any atom is 0.153 e. The van der Waals surface area contributed by atoms with Crippen LogP contribution in [0.3, 0.4) is 0 Å². The summed E-state index contributed by atoms with van der Waals surface area (Å²) in [5.41, 5.74) is 1.09. The van der Waals surface area contributed by atoms with Gasteiger partial charge in [-0.25, -0.2) is 0 Å². The van der Waals surface area contributed by atoms with E-state index in [1.165, 1.54) is 0 Å². The maximum atomic E-state index is 10.8. The minimum absolute atomic E-state index is 0.221. The first-order valence-electron chi connectivity index (χ1n) is 4.92. The molecule has 0 radical (unpaired) electrons. The number of carbonyl (C=O) groups excluding carboxylic acids is 1. The van der Waals surface area contributed by atoms with Gasteiger partial charge in [-0.15, -0.1) is 5.10 Å². The molecule has 17 heavy (non-hydrogen) atoms. The van der Waals surface area contributed by atoms with E-state index in [1.54, 1.807) is 36.1 Å². The molecule has 0 atom stereocenters. The third kappa shape index (κ3) is 2.62. The molecular weight excluding hydrogens is 242 g/mol. The Morgan fingerprint density at radius 3 is 3.00 bits per heavy atom. The van der Waals surface area contributed by atoms with Gasteiger partial charge in [0.25, 0.3) is 0 Å². The maximum absolute atomic E-state index is 10.8. The second-order valence-electron chi connectivity index (χ2n) is 3.45. The molecule has 0 amide bonds. The fourth-order valence-corrected chi connectivity index (χ4v) is 1.61. The van der Waals surface area contributed by atoms with Crippen LogP contribution < -0.4 is 4.74 Å². The number of aromatic nitrogens is 3. The minimum Gasteiger partial charge on any atom is -0.485 e. The summed E-state index contributed by atoms with van der Waals surface area (Å²) in [7, 11) is 1.77. The van der Waals surface area contributed by atoms with Crippen LogP contribution in [0.1, 0.15) is 16.1 Å². The van der Waals surface area contributed by atoms with Crippen LogP contribution in [0.2, 0.25) is 5.02 Å². The lowest BCUT2D eigenvalue weighted by atomic mass is 10.2. The normalized spacial score (nSPS) is 10.2. The number of hydrogen-bond donors (Lipinski definition) is 0. The highest BCUT2D eigenvalue weighted by Crippen LogP contribution is 2.28.